The van der Waals surface area contributed by atoms with E-state index in [1.807, 2.05) is 0 Å². The van der Waals surface area contributed by atoms with Crippen molar-refractivity contribution in [2.24, 2.45) is 0 Å². The Morgan fingerprint density at radius 1 is 1.33 bits per heavy atom. The minimum absolute atomic E-state index is 0.0632. The Hall–Kier alpha value is -1.06. The van der Waals surface area contributed by atoms with E-state index in [0.717, 1.165) is 12.2 Å². The highest BCUT2D eigenvalue weighted by Crippen LogP contribution is 2.28. The summed E-state index contributed by atoms with van der Waals surface area (Å²) in [5.74, 6) is 0.965. The number of rotatable bonds is 7. The summed E-state index contributed by atoms with van der Waals surface area (Å²) in [6.07, 6.45) is 3.31. The zero-order valence-corrected chi connectivity index (χ0v) is 14.0. The van der Waals surface area contributed by atoms with Gasteiger partial charge in [-0.1, -0.05) is 6.07 Å². The predicted molar refractivity (Wildman–Crippen MR) is 87.0 cm³/mol. The molecule has 1 fully saturated rings. The van der Waals surface area contributed by atoms with Gasteiger partial charge in [0.15, 0.2) is 0 Å². The van der Waals surface area contributed by atoms with Gasteiger partial charge in [0, 0.05) is 18.0 Å². The first-order valence-corrected chi connectivity index (χ1v) is 7.96. The molecule has 0 saturated heterocycles. The van der Waals surface area contributed by atoms with E-state index < -0.39 is 0 Å². The van der Waals surface area contributed by atoms with Crippen LogP contribution in [0.5, 0.6) is 5.75 Å². The van der Waals surface area contributed by atoms with Crippen molar-refractivity contribution in [3.05, 3.63) is 28.8 Å². The zero-order chi connectivity index (χ0) is 15.6. The summed E-state index contributed by atoms with van der Waals surface area (Å²) in [7, 11) is 0. The Bertz CT molecular complexity index is 496. The fourth-order valence-corrected chi connectivity index (χ4v) is 2.91. The molecule has 0 radical (unpaired) electrons. The van der Waals surface area contributed by atoms with E-state index >= 15 is 0 Å². The van der Waals surface area contributed by atoms with Crippen LogP contribution in [0.1, 0.15) is 49.8 Å². The molecule has 2 N–H and O–H groups in total. The standard InChI is InChI=1S/C18H29NO2/c1-12-8-13(2)15(4)17(9-12)21-14(3)10-18(5,11-20)19-16-6-7-16/h8-9,14,16,19-20H,6-7,10-11H2,1-5H3. The molecule has 1 aromatic rings. The molecule has 1 saturated carbocycles. The molecular formula is C18H29NO2. The average molecular weight is 291 g/mol. The molecule has 0 spiro atoms. The van der Waals surface area contributed by atoms with Gasteiger partial charge in [0.25, 0.3) is 0 Å². The molecule has 2 unspecified atom stereocenters. The molecule has 3 nitrogen and oxygen atoms in total. The molecule has 0 bridgehead atoms. The van der Waals surface area contributed by atoms with Gasteiger partial charge in [-0.15, -0.1) is 0 Å². The first-order chi connectivity index (χ1) is 9.83. The van der Waals surface area contributed by atoms with E-state index in [1.54, 1.807) is 0 Å². The van der Waals surface area contributed by atoms with Gasteiger partial charge in [0.2, 0.25) is 0 Å². The van der Waals surface area contributed by atoms with Crippen molar-refractivity contribution in [1.82, 2.24) is 5.32 Å². The molecule has 0 aromatic heterocycles. The number of hydrogen-bond acceptors (Lipinski definition) is 3. The van der Waals surface area contributed by atoms with Crippen molar-refractivity contribution in [3.8, 4) is 5.75 Å². The molecule has 1 aromatic carbocycles. The highest BCUT2D eigenvalue weighted by molar-refractivity contribution is 5.42. The SMILES string of the molecule is Cc1cc(C)c(C)c(OC(C)CC(C)(CO)NC2CC2)c1. The number of benzene rings is 1. The lowest BCUT2D eigenvalue weighted by atomic mass is 9.95. The third-order valence-electron chi connectivity index (χ3n) is 4.31. The van der Waals surface area contributed by atoms with Crippen LogP contribution in [0.2, 0.25) is 0 Å². The number of aliphatic hydroxyl groups excluding tert-OH is 1. The summed E-state index contributed by atoms with van der Waals surface area (Å²) in [5, 5.41) is 13.2. The maximum absolute atomic E-state index is 9.70. The predicted octanol–water partition coefficient (Wildman–Crippen LogP) is 3.27. The smallest absolute Gasteiger partial charge is 0.123 e. The maximum atomic E-state index is 9.70. The first kappa shape index (κ1) is 16.3. The lowest BCUT2D eigenvalue weighted by molar-refractivity contribution is 0.108. The normalized spacial score (nSPS) is 19.1. The number of aliphatic hydroxyl groups is 1. The van der Waals surface area contributed by atoms with Gasteiger partial charge in [0.1, 0.15) is 5.75 Å². The fourth-order valence-electron chi connectivity index (χ4n) is 2.91. The van der Waals surface area contributed by atoms with Crippen molar-refractivity contribution >= 4 is 0 Å². The van der Waals surface area contributed by atoms with Gasteiger partial charge in [0.05, 0.1) is 12.7 Å². The summed E-state index contributed by atoms with van der Waals surface area (Å²) in [5.41, 5.74) is 3.43. The third kappa shape index (κ3) is 4.45. The van der Waals surface area contributed by atoms with Crippen LogP contribution in [0.25, 0.3) is 0 Å². The van der Waals surface area contributed by atoms with Crippen LogP contribution in [-0.4, -0.2) is 29.4 Å². The van der Waals surface area contributed by atoms with Gasteiger partial charge in [-0.05, 0) is 70.2 Å². The molecule has 1 aliphatic carbocycles. The van der Waals surface area contributed by atoms with E-state index in [1.165, 1.54) is 29.5 Å². The van der Waals surface area contributed by atoms with Crippen LogP contribution in [0.4, 0.5) is 0 Å². The summed E-state index contributed by atoms with van der Waals surface area (Å²) in [6.45, 7) is 10.6. The van der Waals surface area contributed by atoms with Gasteiger partial charge in [-0.2, -0.15) is 0 Å². The zero-order valence-electron chi connectivity index (χ0n) is 14.0. The Balaban J connectivity index is 2.01. The largest absolute Gasteiger partial charge is 0.490 e. The highest BCUT2D eigenvalue weighted by atomic mass is 16.5. The number of aryl methyl sites for hydroxylation is 2. The second-order valence-corrected chi connectivity index (χ2v) is 6.97. The van der Waals surface area contributed by atoms with Crippen LogP contribution in [0.3, 0.4) is 0 Å². The summed E-state index contributed by atoms with van der Waals surface area (Å²) in [4.78, 5) is 0. The lowest BCUT2D eigenvalue weighted by Gasteiger charge is -2.32. The van der Waals surface area contributed by atoms with Crippen LogP contribution in [0, 0.1) is 20.8 Å². The van der Waals surface area contributed by atoms with Crippen molar-refractivity contribution in [1.29, 1.82) is 0 Å². The molecule has 21 heavy (non-hydrogen) atoms. The summed E-state index contributed by atoms with van der Waals surface area (Å²) in [6, 6.07) is 4.86. The minimum atomic E-state index is -0.257. The maximum Gasteiger partial charge on any atom is 0.123 e. The molecule has 2 atom stereocenters. The lowest BCUT2D eigenvalue weighted by Crippen LogP contribution is -2.49. The highest BCUT2D eigenvalue weighted by Gasteiger charge is 2.33. The minimum Gasteiger partial charge on any atom is -0.490 e. The quantitative estimate of drug-likeness (QED) is 0.810. The Morgan fingerprint density at radius 3 is 2.57 bits per heavy atom. The third-order valence-corrected chi connectivity index (χ3v) is 4.31. The molecule has 3 heteroatoms. The van der Waals surface area contributed by atoms with Crippen LogP contribution in [-0.2, 0) is 0 Å². The monoisotopic (exact) mass is 291 g/mol. The van der Waals surface area contributed by atoms with Gasteiger partial charge < -0.3 is 15.2 Å². The van der Waals surface area contributed by atoms with E-state index in [2.05, 4.69) is 52.1 Å². The van der Waals surface area contributed by atoms with Crippen molar-refractivity contribution in [3.63, 3.8) is 0 Å². The summed E-state index contributed by atoms with van der Waals surface area (Å²) < 4.78 is 6.16. The Labute approximate surface area is 128 Å². The van der Waals surface area contributed by atoms with Gasteiger partial charge in [-0.3, -0.25) is 0 Å². The second-order valence-electron chi connectivity index (χ2n) is 6.97. The van der Waals surface area contributed by atoms with E-state index in [-0.39, 0.29) is 18.2 Å². The Kier molecular flexibility index (Phi) is 4.95. The van der Waals surface area contributed by atoms with E-state index in [4.69, 9.17) is 4.74 Å². The van der Waals surface area contributed by atoms with Crippen LogP contribution < -0.4 is 10.1 Å². The van der Waals surface area contributed by atoms with Crippen molar-refractivity contribution in [2.45, 2.75) is 71.6 Å². The molecule has 118 valence electrons. The average Bonchev–Trinajstić information content (AvgIpc) is 3.18. The Morgan fingerprint density at radius 2 is 2.00 bits per heavy atom. The molecule has 0 amide bonds. The molecular weight excluding hydrogens is 262 g/mol. The second kappa shape index (κ2) is 6.37. The molecule has 0 heterocycles. The van der Waals surface area contributed by atoms with E-state index in [0.29, 0.717) is 6.04 Å². The number of ether oxygens (including phenoxy) is 1. The summed E-state index contributed by atoms with van der Waals surface area (Å²) >= 11 is 0. The molecule has 2 rings (SSSR count). The van der Waals surface area contributed by atoms with Crippen molar-refractivity contribution in [2.75, 3.05) is 6.61 Å². The van der Waals surface area contributed by atoms with Crippen molar-refractivity contribution < 1.29 is 9.84 Å². The molecule has 0 aliphatic heterocycles. The fraction of sp³-hybridized carbons (Fsp3) is 0.667. The molecule has 1 aliphatic rings. The van der Waals surface area contributed by atoms with E-state index in [9.17, 15) is 5.11 Å². The van der Waals surface area contributed by atoms with Crippen LogP contribution >= 0.6 is 0 Å². The number of hydrogen-bond donors (Lipinski definition) is 2. The van der Waals surface area contributed by atoms with Crippen LogP contribution in [0.15, 0.2) is 12.1 Å². The van der Waals surface area contributed by atoms with Gasteiger partial charge in [-0.25, -0.2) is 0 Å². The topological polar surface area (TPSA) is 41.5 Å². The first-order valence-electron chi connectivity index (χ1n) is 7.96. The van der Waals surface area contributed by atoms with Gasteiger partial charge >= 0.3 is 0 Å². The number of nitrogens with one attached hydrogen (secondary N) is 1.